The highest BCUT2D eigenvalue weighted by molar-refractivity contribution is 5.86. The molecule has 2 amide bonds. The van der Waals surface area contributed by atoms with Gasteiger partial charge in [-0.25, -0.2) is 0 Å². The van der Waals surface area contributed by atoms with Gasteiger partial charge in [0.2, 0.25) is 11.8 Å². The Balaban J connectivity index is 3.63. The summed E-state index contributed by atoms with van der Waals surface area (Å²) in [5, 5.41) is 2.22. The van der Waals surface area contributed by atoms with E-state index in [9.17, 15) is 9.59 Å². The zero-order chi connectivity index (χ0) is 7.44. The number of primary amides is 1. The smallest absolute Gasteiger partial charge is 0.240 e. The molecule has 0 bridgehead atoms. The van der Waals surface area contributed by atoms with Crippen LogP contribution in [0.2, 0.25) is 0 Å². The van der Waals surface area contributed by atoms with Gasteiger partial charge >= 0.3 is 0 Å². The summed E-state index contributed by atoms with van der Waals surface area (Å²) in [4.78, 5) is 20.4. The number of amides is 2. The minimum Gasteiger partial charge on any atom is -0.368 e. The van der Waals surface area contributed by atoms with Crippen molar-refractivity contribution >= 4 is 11.8 Å². The molecule has 0 rings (SSSR count). The fourth-order valence-electron chi connectivity index (χ4n) is 0.316. The third-order valence-corrected chi connectivity index (χ3v) is 0.721. The molecule has 4 nitrogen and oxygen atoms in total. The molecule has 0 aromatic carbocycles. The first-order valence-electron chi connectivity index (χ1n) is 2.43. The maximum atomic E-state index is 10.2. The lowest BCUT2D eigenvalue weighted by atomic mass is 10.3. The number of carbonyl (C=O) groups excluding carboxylic acids is 2. The average molecular weight is 129 g/mol. The van der Waals surface area contributed by atoms with Crippen LogP contribution in [0.4, 0.5) is 0 Å². The summed E-state index contributed by atoms with van der Waals surface area (Å²) in [7, 11) is 0. The molecule has 0 aliphatic heterocycles. The Morgan fingerprint density at radius 3 is 2.22 bits per heavy atom. The topological polar surface area (TPSA) is 72.2 Å². The highest BCUT2D eigenvalue weighted by Crippen LogP contribution is 1.75. The van der Waals surface area contributed by atoms with Crippen molar-refractivity contribution in [1.29, 1.82) is 0 Å². The third-order valence-electron chi connectivity index (χ3n) is 0.721. The molecule has 4 heteroatoms. The number of nitrogens with two attached hydrogens (primary N) is 1. The maximum absolute atomic E-state index is 10.2. The van der Waals surface area contributed by atoms with Gasteiger partial charge in [-0.15, -0.1) is 0 Å². The van der Waals surface area contributed by atoms with Gasteiger partial charge in [0.1, 0.15) is 6.04 Å². The van der Waals surface area contributed by atoms with E-state index in [-0.39, 0.29) is 5.91 Å². The van der Waals surface area contributed by atoms with Crippen LogP contribution in [0.5, 0.6) is 0 Å². The van der Waals surface area contributed by atoms with Crippen LogP contribution in [-0.2, 0) is 9.59 Å². The normalized spacial score (nSPS) is 12.2. The molecule has 0 unspecified atom stereocenters. The second-order valence-electron chi connectivity index (χ2n) is 1.66. The molecule has 0 spiro atoms. The van der Waals surface area contributed by atoms with Crippen LogP contribution in [0, 0.1) is 6.92 Å². The number of nitrogens with one attached hydrogen (secondary N) is 1. The van der Waals surface area contributed by atoms with Crippen molar-refractivity contribution in [2.45, 2.75) is 13.0 Å². The van der Waals surface area contributed by atoms with Crippen LogP contribution in [0.25, 0.3) is 0 Å². The Morgan fingerprint density at radius 1 is 1.67 bits per heavy atom. The zero-order valence-electron chi connectivity index (χ0n) is 5.18. The van der Waals surface area contributed by atoms with E-state index in [0.717, 1.165) is 0 Å². The minimum atomic E-state index is -0.817. The van der Waals surface area contributed by atoms with Gasteiger partial charge in [0.15, 0.2) is 0 Å². The maximum Gasteiger partial charge on any atom is 0.240 e. The molecule has 51 valence electrons. The molecule has 1 atom stereocenters. The largest absolute Gasteiger partial charge is 0.368 e. The number of carbonyl (C=O) groups is 2. The van der Waals surface area contributed by atoms with Gasteiger partial charge in [0.25, 0.3) is 0 Å². The third kappa shape index (κ3) is 3.52. The first kappa shape index (κ1) is 7.94. The Morgan fingerprint density at radius 2 is 2.11 bits per heavy atom. The first-order chi connectivity index (χ1) is 4.04. The lowest BCUT2D eigenvalue weighted by Gasteiger charge is -2.05. The number of hydrogen-bond acceptors (Lipinski definition) is 2. The van der Waals surface area contributed by atoms with Crippen LogP contribution in [0.15, 0.2) is 0 Å². The van der Waals surface area contributed by atoms with E-state index in [1.807, 2.05) is 0 Å². The predicted octanol–water partition coefficient (Wildman–Crippen LogP) is -1.19. The quantitative estimate of drug-likeness (QED) is 0.492. The second-order valence-corrected chi connectivity index (χ2v) is 1.66. The molecular weight excluding hydrogens is 120 g/mol. The molecule has 0 saturated carbocycles. The van der Waals surface area contributed by atoms with Gasteiger partial charge < -0.3 is 11.1 Å². The van der Waals surface area contributed by atoms with Crippen molar-refractivity contribution in [3.8, 4) is 0 Å². The monoisotopic (exact) mass is 129 g/mol. The Bertz CT molecular complexity index is 133. The van der Waals surface area contributed by atoms with Crippen LogP contribution in [0.1, 0.15) is 6.92 Å². The lowest BCUT2D eigenvalue weighted by molar-refractivity contribution is -0.125. The molecule has 0 aliphatic rings. The van der Waals surface area contributed by atoms with Crippen molar-refractivity contribution in [3.63, 3.8) is 0 Å². The van der Waals surface area contributed by atoms with E-state index >= 15 is 0 Å². The van der Waals surface area contributed by atoms with Gasteiger partial charge in [0.05, 0.1) is 0 Å². The number of rotatable bonds is 2. The van der Waals surface area contributed by atoms with E-state index < -0.39 is 11.9 Å². The van der Waals surface area contributed by atoms with Gasteiger partial charge in [-0.2, -0.15) is 0 Å². The van der Waals surface area contributed by atoms with Crippen molar-refractivity contribution in [1.82, 2.24) is 5.32 Å². The van der Waals surface area contributed by atoms with E-state index in [4.69, 9.17) is 5.73 Å². The molecule has 1 radical (unpaired) electrons. The second kappa shape index (κ2) is 3.06. The van der Waals surface area contributed by atoms with Crippen molar-refractivity contribution in [3.05, 3.63) is 6.92 Å². The molecule has 0 heterocycles. The molecule has 3 N–H and O–H groups in total. The first-order valence-corrected chi connectivity index (χ1v) is 2.43. The summed E-state index contributed by atoms with van der Waals surface area (Å²) in [6, 6.07) is -0.817. The van der Waals surface area contributed by atoms with Crippen molar-refractivity contribution in [2.24, 2.45) is 5.73 Å². The van der Waals surface area contributed by atoms with E-state index in [0.29, 0.717) is 0 Å². The highest BCUT2D eigenvalue weighted by atomic mass is 16.2. The standard InChI is InChI=1S/C5H9N2O2/c1-3(5(6)9)7-4(2)8/h3H,1H2,2H3,(H2,6,9)(H,7,8)/t3-/m0/s1. The van der Waals surface area contributed by atoms with Crippen LogP contribution < -0.4 is 11.1 Å². The number of hydrogen-bond donors (Lipinski definition) is 2. The van der Waals surface area contributed by atoms with Crippen molar-refractivity contribution < 1.29 is 9.59 Å². The molecule has 0 aromatic heterocycles. The SMILES string of the molecule is [CH2][C@H](NC(C)=O)C(N)=O. The van der Waals surface area contributed by atoms with E-state index in [1.165, 1.54) is 6.92 Å². The van der Waals surface area contributed by atoms with Gasteiger partial charge in [-0.1, -0.05) is 0 Å². The Kier molecular flexibility index (Phi) is 2.70. The van der Waals surface area contributed by atoms with Crippen LogP contribution in [-0.4, -0.2) is 17.9 Å². The molecular formula is C5H9N2O2. The van der Waals surface area contributed by atoms with Crippen LogP contribution >= 0.6 is 0 Å². The predicted molar refractivity (Wildman–Crippen MR) is 32.2 cm³/mol. The molecule has 0 aromatic rings. The Hall–Kier alpha value is -1.06. The lowest BCUT2D eigenvalue weighted by Crippen LogP contribution is -2.41. The summed E-state index contributed by atoms with van der Waals surface area (Å²) >= 11 is 0. The minimum absolute atomic E-state index is 0.311. The van der Waals surface area contributed by atoms with E-state index in [2.05, 4.69) is 12.2 Å². The van der Waals surface area contributed by atoms with Crippen LogP contribution in [0.3, 0.4) is 0 Å². The average Bonchev–Trinajstić information content (AvgIpc) is 1.63. The van der Waals surface area contributed by atoms with Gasteiger partial charge in [-0.05, 0) is 6.92 Å². The molecule has 0 aliphatic carbocycles. The Labute approximate surface area is 53.4 Å². The summed E-state index contributed by atoms with van der Waals surface area (Å²) in [5.74, 6) is -0.945. The highest BCUT2D eigenvalue weighted by Gasteiger charge is 2.07. The van der Waals surface area contributed by atoms with Crippen molar-refractivity contribution in [2.75, 3.05) is 0 Å². The summed E-state index contributed by atoms with van der Waals surface area (Å²) in [6.07, 6.45) is 0. The molecule has 0 fully saturated rings. The summed E-state index contributed by atoms with van der Waals surface area (Å²) < 4.78 is 0. The van der Waals surface area contributed by atoms with E-state index in [1.54, 1.807) is 0 Å². The molecule has 9 heavy (non-hydrogen) atoms. The zero-order valence-corrected chi connectivity index (χ0v) is 5.18. The fourth-order valence-corrected chi connectivity index (χ4v) is 0.316. The van der Waals surface area contributed by atoms with Gasteiger partial charge in [-0.3, -0.25) is 9.59 Å². The summed E-state index contributed by atoms with van der Waals surface area (Å²) in [5.41, 5.74) is 4.77. The molecule has 0 saturated heterocycles. The fraction of sp³-hybridized carbons (Fsp3) is 0.400. The van der Waals surface area contributed by atoms with Gasteiger partial charge in [0, 0.05) is 6.92 Å². The summed E-state index contributed by atoms with van der Waals surface area (Å²) in [6.45, 7) is 4.56.